The van der Waals surface area contributed by atoms with Crippen LogP contribution in [-0.2, 0) is 14.8 Å². The molecule has 3 aromatic rings. The van der Waals surface area contributed by atoms with Crippen LogP contribution in [-0.4, -0.2) is 81.0 Å². The van der Waals surface area contributed by atoms with Crippen LogP contribution in [0.2, 0.25) is 5.02 Å². The minimum absolute atomic E-state index is 0. The summed E-state index contributed by atoms with van der Waals surface area (Å²) < 4.78 is 34.1. The van der Waals surface area contributed by atoms with Crippen molar-refractivity contribution >= 4 is 66.6 Å². The molecule has 2 aromatic carbocycles. The zero-order valence-electron chi connectivity index (χ0n) is 22.0. The van der Waals surface area contributed by atoms with Gasteiger partial charge in [0.25, 0.3) is 5.91 Å². The summed E-state index contributed by atoms with van der Waals surface area (Å²) in [5.41, 5.74) is 2.12. The second-order valence-corrected chi connectivity index (χ2v) is 13.1. The fourth-order valence-corrected chi connectivity index (χ4v) is 7.66. The molecule has 3 heterocycles. The molecule has 0 bridgehead atoms. The van der Waals surface area contributed by atoms with E-state index in [0.717, 1.165) is 74.3 Å². The number of fused-ring (bicyclic) bond motifs is 1. The minimum Gasteiger partial charge on any atom is -0.379 e. The summed E-state index contributed by atoms with van der Waals surface area (Å²) in [6.07, 6.45) is 3.59. The minimum atomic E-state index is -3.56. The number of thiazole rings is 1. The van der Waals surface area contributed by atoms with Crippen molar-refractivity contribution in [1.29, 1.82) is 0 Å². The van der Waals surface area contributed by atoms with Crippen LogP contribution in [0.15, 0.2) is 41.3 Å². The van der Waals surface area contributed by atoms with E-state index in [1.807, 2.05) is 19.1 Å². The van der Waals surface area contributed by atoms with Crippen LogP contribution in [0.3, 0.4) is 0 Å². The van der Waals surface area contributed by atoms with E-state index >= 15 is 0 Å². The first-order chi connectivity index (χ1) is 18.3. The Balaban J connectivity index is 0.00000353. The second kappa shape index (κ2) is 13.2. The molecule has 12 heteroatoms. The standard InChI is InChI=1S/C27H33ClN4O4S2.ClH/c1-20-23(28)10-11-24-25(20)29-27(37-24)32(15-5-12-30-16-18-36-19-17-30)26(33)21-6-8-22(9-7-21)38(34,35)31-13-3-2-4-14-31;/h6-11H,2-5,12-19H2,1H3;1H. The highest BCUT2D eigenvalue weighted by Crippen LogP contribution is 2.34. The highest BCUT2D eigenvalue weighted by Gasteiger charge is 2.27. The Morgan fingerprint density at radius 2 is 1.74 bits per heavy atom. The van der Waals surface area contributed by atoms with Crippen molar-refractivity contribution in [2.75, 3.05) is 57.4 Å². The number of hydrogen-bond acceptors (Lipinski definition) is 7. The number of ether oxygens (including phenoxy) is 1. The Bertz CT molecular complexity index is 1390. The molecule has 0 N–H and O–H groups in total. The van der Waals surface area contributed by atoms with Gasteiger partial charge in [-0.15, -0.1) is 12.4 Å². The summed E-state index contributed by atoms with van der Waals surface area (Å²) in [6.45, 7) is 7.61. The maximum atomic E-state index is 13.8. The van der Waals surface area contributed by atoms with Gasteiger partial charge in [-0.2, -0.15) is 4.31 Å². The fourth-order valence-electron chi connectivity index (χ4n) is 4.95. The van der Waals surface area contributed by atoms with Crippen LogP contribution < -0.4 is 4.90 Å². The van der Waals surface area contributed by atoms with Crippen LogP contribution in [0.4, 0.5) is 5.13 Å². The van der Waals surface area contributed by atoms with Crippen molar-refractivity contribution in [3.05, 3.63) is 52.5 Å². The average molecular weight is 614 g/mol. The predicted molar refractivity (Wildman–Crippen MR) is 159 cm³/mol. The molecule has 5 rings (SSSR count). The quantitative estimate of drug-likeness (QED) is 0.347. The molecule has 8 nitrogen and oxygen atoms in total. The molecule has 2 fully saturated rings. The molecule has 2 saturated heterocycles. The van der Waals surface area contributed by atoms with Gasteiger partial charge in [-0.1, -0.05) is 29.4 Å². The van der Waals surface area contributed by atoms with Gasteiger partial charge in [0.2, 0.25) is 10.0 Å². The lowest BCUT2D eigenvalue weighted by atomic mass is 10.2. The van der Waals surface area contributed by atoms with Gasteiger partial charge in [0.15, 0.2) is 5.13 Å². The van der Waals surface area contributed by atoms with E-state index in [-0.39, 0.29) is 23.2 Å². The predicted octanol–water partition coefficient (Wildman–Crippen LogP) is 5.22. The first kappa shape index (κ1) is 30.2. The lowest BCUT2D eigenvalue weighted by Crippen LogP contribution is -2.39. The summed E-state index contributed by atoms with van der Waals surface area (Å²) >= 11 is 7.79. The van der Waals surface area contributed by atoms with Crippen molar-refractivity contribution in [3.8, 4) is 0 Å². The summed E-state index contributed by atoms with van der Waals surface area (Å²) in [6, 6.07) is 10.1. The average Bonchev–Trinajstić information content (AvgIpc) is 3.39. The van der Waals surface area contributed by atoms with Gasteiger partial charge in [0, 0.05) is 49.9 Å². The zero-order valence-corrected chi connectivity index (χ0v) is 25.2. The van der Waals surface area contributed by atoms with E-state index in [0.29, 0.717) is 35.4 Å². The van der Waals surface area contributed by atoms with Gasteiger partial charge in [-0.05, 0) is 68.1 Å². The molecule has 0 unspecified atom stereocenters. The number of aromatic nitrogens is 1. The molecule has 2 aliphatic heterocycles. The number of piperidine rings is 1. The number of morpholine rings is 1. The number of hydrogen-bond donors (Lipinski definition) is 0. The van der Waals surface area contributed by atoms with Crippen molar-refractivity contribution in [2.24, 2.45) is 0 Å². The third kappa shape index (κ3) is 6.75. The van der Waals surface area contributed by atoms with Gasteiger partial charge in [-0.25, -0.2) is 13.4 Å². The van der Waals surface area contributed by atoms with Crippen LogP contribution in [0.1, 0.15) is 41.6 Å². The molecule has 212 valence electrons. The van der Waals surface area contributed by atoms with E-state index < -0.39 is 10.0 Å². The molecule has 0 atom stereocenters. The molecule has 2 aliphatic rings. The first-order valence-corrected chi connectivity index (χ1v) is 15.8. The number of nitrogens with zero attached hydrogens (tertiary/aromatic N) is 4. The summed E-state index contributed by atoms with van der Waals surface area (Å²) in [5, 5.41) is 1.26. The summed E-state index contributed by atoms with van der Waals surface area (Å²) in [4.78, 5) is 22.9. The molecule has 0 aliphatic carbocycles. The lowest BCUT2D eigenvalue weighted by molar-refractivity contribution is 0.0376. The fraction of sp³-hybridized carbons (Fsp3) is 0.481. The largest absolute Gasteiger partial charge is 0.379 e. The highest BCUT2D eigenvalue weighted by molar-refractivity contribution is 7.89. The molecule has 1 amide bonds. The van der Waals surface area contributed by atoms with Gasteiger partial charge in [0.05, 0.1) is 28.3 Å². The van der Waals surface area contributed by atoms with Crippen molar-refractivity contribution in [2.45, 2.75) is 37.5 Å². The monoisotopic (exact) mass is 612 g/mol. The van der Waals surface area contributed by atoms with E-state index in [1.165, 1.54) is 11.3 Å². The summed E-state index contributed by atoms with van der Waals surface area (Å²) in [7, 11) is -3.56. The molecule has 1 aromatic heterocycles. The Morgan fingerprint density at radius 1 is 1.05 bits per heavy atom. The molecular weight excluding hydrogens is 579 g/mol. The van der Waals surface area contributed by atoms with E-state index in [4.69, 9.17) is 21.3 Å². The van der Waals surface area contributed by atoms with Crippen LogP contribution in [0.5, 0.6) is 0 Å². The maximum absolute atomic E-state index is 13.8. The number of halogens is 2. The number of sulfonamides is 1. The Hall–Kier alpha value is -1.79. The Labute approximate surface area is 245 Å². The molecular formula is C27H34Cl2N4O4S2. The van der Waals surface area contributed by atoms with Gasteiger partial charge < -0.3 is 4.74 Å². The van der Waals surface area contributed by atoms with Crippen molar-refractivity contribution in [3.63, 3.8) is 0 Å². The lowest BCUT2D eigenvalue weighted by Gasteiger charge is -2.28. The van der Waals surface area contributed by atoms with Crippen LogP contribution in [0.25, 0.3) is 10.2 Å². The van der Waals surface area contributed by atoms with Gasteiger partial charge in [-0.3, -0.25) is 14.6 Å². The van der Waals surface area contributed by atoms with Crippen LogP contribution >= 0.6 is 35.3 Å². The van der Waals surface area contributed by atoms with E-state index in [1.54, 1.807) is 33.5 Å². The Morgan fingerprint density at radius 3 is 2.44 bits per heavy atom. The highest BCUT2D eigenvalue weighted by atomic mass is 35.5. The number of carbonyl (C=O) groups excluding carboxylic acids is 1. The summed E-state index contributed by atoms with van der Waals surface area (Å²) in [5.74, 6) is -0.197. The molecule has 39 heavy (non-hydrogen) atoms. The van der Waals surface area contributed by atoms with Crippen molar-refractivity contribution < 1.29 is 17.9 Å². The zero-order chi connectivity index (χ0) is 26.7. The van der Waals surface area contributed by atoms with Crippen molar-refractivity contribution in [1.82, 2.24) is 14.2 Å². The van der Waals surface area contributed by atoms with Gasteiger partial charge >= 0.3 is 0 Å². The topological polar surface area (TPSA) is 83.0 Å². The van der Waals surface area contributed by atoms with Gasteiger partial charge in [0.1, 0.15) is 0 Å². The number of benzene rings is 2. The van der Waals surface area contributed by atoms with E-state index in [9.17, 15) is 13.2 Å². The number of anilines is 1. The number of rotatable bonds is 8. The smallest absolute Gasteiger partial charge is 0.260 e. The Kier molecular flexibility index (Phi) is 10.3. The van der Waals surface area contributed by atoms with E-state index in [2.05, 4.69) is 4.90 Å². The third-order valence-electron chi connectivity index (χ3n) is 7.23. The third-order valence-corrected chi connectivity index (χ3v) is 10.6. The van der Waals surface area contributed by atoms with Crippen LogP contribution in [0, 0.1) is 6.92 Å². The SMILES string of the molecule is Cc1c(Cl)ccc2sc(N(CCCN3CCOCC3)C(=O)c3ccc(S(=O)(=O)N4CCCCC4)cc3)nc12.Cl. The maximum Gasteiger partial charge on any atom is 0.260 e. The molecule has 0 spiro atoms. The second-order valence-electron chi connectivity index (χ2n) is 9.77. The number of carbonyl (C=O) groups is 1. The number of aryl methyl sites for hydroxylation is 1. The molecule has 0 saturated carbocycles. The molecule has 0 radical (unpaired) electrons. The number of amides is 1. The first-order valence-electron chi connectivity index (χ1n) is 13.1. The normalized spacial score (nSPS) is 17.2.